The van der Waals surface area contributed by atoms with Crippen molar-refractivity contribution in [3.63, 3.8) is 0 Å². The molecule has 1 aliphatic carbocycles. The van der Waals surface area contributed by atoms with Crippen LogP contribution in [0.3, 0.4) is 0 Å². The molecule has 4 heteroatoms. The number of fused-ring (bicyclic) bond motifs is 1. The molecule has 3 nitrogen and oxygen atoms in total. The molecule has 0 spiro atoms. The van der Waals surface area contributed by atoms with Crippen molar-refractivity contribution in [3.05, 3.63) is 65.2 Å². The van der Waals surface area contributed by atoms with Crippen LogP contribution < -0.4 is 4.74 Å². The van der Waals surface area contributed by atoms with Crippen LogP contribution in [0.25, 0.3) is 0 Å². The first-order valence-electron chi connectivity index (χ1n) is 8.96. The lowest BCUT2D eigenvalue weighted by Gasteiger charge is -2.36. The quantitative estimate of drug-likeness (QED) is 0.689. The second-order valence-corrected chi connectivity index (χ2v) is 7.25. The van der Waals surface area contributed by atoms with E-state index in [-0.39, 0.29) is 17.0 Å². The van der Waals surface area contributed by atoms with Crippen LogP contribution in [0.4, 0.5) is 0 Å². The third-order valence-corrected chi connectivity index (χ3v) is 5.44. The van der Waals surface area contributed by atoms with Gasteiger partial charge in [0.25, 0.3) is 0 Å². The minimum atomic E-state index is -0.424. The third-order valence-electron chi connectivity index (χ3n) is 5.44. The molecule has 2 aromatic rings. The number of carbonyl (C=O) groups is 1. The summed E-state index contributed by atoms with van der Waals surface area (Å²) in [7, 11) is 3.80. The predicted molar refractivity (Wildman–Crippen MR) is 111 cm³/mol. The molecule has 0 N–H and O–H groups in total. The van der Waals surface area contributed by atoms with Gasteiger partial charge < -0.3 is 9.64 Å². The maximum absolute atomic E-state index is 12.8. The Morgan fingerprint density at radius 2 is 1.85 bits per heavy atom. The van der Waals surface area contributed by atoms with Gasteiger partial charge in [0, 0.05) is 13.0 Å². The van der Waals surface area contributed by atoms with Crippen molar-refractivity contribution in [1.82, 2.24) is 4.90 Å². The predicted octanol–water partition coefficient (Wildman–Crippen LogP) is 4.57. The summed E-state index contributed by atoms with van der Waals surface area (Å²) < 4.78 is 5.39. The van der Waals surface area contributed by atoms with Gasteiger partial charge in [-0.25, -0.2) is 0 Å². The fraction of sp³-hybridized carbons (Fsp3) is 0.409. The van der Waals surface area contributed by atoms with Crippen LogP contribution in [-0.2, 0) is 23.2 Å². The van der Waals surface area contributed by atoms with Gasteiger partial charge in [0.2, 0.25) is 0 Å². The number of ketones is 1. The molecule has 1 aliphatic rings. The van der Waals surface area contributed by atoms with Crippen LogP contribution in [0.5, 0.6) is 5.75 Å². The molecule has 0 amide bonds. The van der Waals surface area contributed by atoms with Crippen molar-refractivity contribution in [2.75, 3.05) is 20.7 Å². The van der Waals surface area contributed by atoms with E-state index >= 15 is 0 Å². The van der Waals surface area contributed by atoms with Gasteiger partial charge >= 0.3 is 0 Å². The minimum Gasteiger partial charge on any atom is -0.497 e. The van der Waals surface area contributed by atoms with Crippen LogP contribution in [0.15, 0.2) is 48.5 Å². The molecule has 140 valence electrons. The highest BCUT2D eigenvalue weighted by molar-refractivity contribution is 8.93. The highest BCUT2D eigenvalue weighted by Crippen LogP contribution is 2.39. The molecule has 0 bridgehead atoms. The summed E-state index contributed by atoms with van der Waals surface area (Å²) in [5.41, 5.74) is 3.31. The summed E-state index contributed by atoms with van der Waals surface area (Å²) in [5.74, 6) is 1.18. The minimum absolute atomic E-state index is 0. The van der Waals surface area contributed by atoms with Crippen molar-refractivity contribution in [1.29, 1.82) is 0 Å². The van der Waals surface area contributed by atoms with Gasteiger partial charge in [0.15, 0.2) is 0 Å². The smallest absolute Gasteiger partial charge is 0.143 e. The van der Waals surface area contributed by atoms with Gasteiger partial charge in [-0.05, 0) is 62.2 Å². The van der Waals surface area contributed by atoms with Gasteiger partial charge in [0.05, 0.1) is 12.5 Å². The highest BCUT2D eigenvalue weighted by Gasteiger charge is 2.39. The Balaban J connectivity index is 0.00000243. The SMILES string of the molecule is Br.COc1ccc2c(c1)C(C)(CCN(C)Cc1ccccc1)C(=O)CC2. The first-order chi connectivity index (χ1) is 12.0. The fourth-order valence-corrected chi connectivity index (χ4v) is 3.75. The first-order valence-corrected chi connectivity index (χ1v) is 8.96. The van der Waals surface area contributed by atoms with E-state index < -0.39 is 5.41 Å². The number of rotatable bonds is 6. The van der Waals surface area contributed by atoms with Crippen molar-refractivity contribution in [2.24, 2.45) is 0 Å². The normalized spacial score (nSPS) is 19.0. The second-order valence-electron chi connectivity index (χ2n) is 7.25. The van der Waals surface area contributed by atoms with Crippen LogP contribution in [-0.4, -0.2) is 31.4 Å². The Morgan fingerprint density at radius 1 is 1.12 bits per heavy atom. The largest absolute Gasteiger partial charge is 0.497 e. The Labute approximate surface area is 167 Å². The number of Topliss-reactive ketones (excluding diaryl/α,β-unsaturated/α-hetero) is 1. The molecular weight excluding hydrogens is 390 g/mol. The molecule has 0 aliphatic heterocycles. The number of carbonyl (C=O) groups excluding carboxylic acids is 1. The molecule has 0 radical (unpaired) electrons. The number of hydrogen-bond donors (Lipinski definition) is 0. The molecule has 0 saturated heterocycles. The monoisotopic (exact) mass is 417 g/mol. The van der Waals surface area contributed by atoms with E-state index in [0.717, 1.165) is 37.2 Å². The molecule has 2 aromatic carbocycles. The number of methoxy groups -OCH3 is 1. The molecule has 0 saturated carbocycles. The summed E-state index contributed by atoms with van der Waals surface area (Å²) in [5, 5.41) is 0. The fourth-order valence-electron chi connectivity index (χ4n) is 3.75. The first kappa shape index (κ1) is 20.7. The Morgan fingerprint density at radius 3 is 2.54 bits per heavy atom. The zero-order chi connectivity index (χ0) is 17.9. The average Bonchev–Trinajstić information content (AvgIpc) is 2.64. The van der Waals surface area contributed by atoms with E-state index in [1.165, 1.54) is 11.1 Å². The van der Waals surface area contributed by atoms with Gasteiger partial charge in [-0.1, -0.05) is 36.4 Å². The molecule has 1 atom stereocenters. The maximum Gasteiger partial charge on any atom is 0.143 e. The summed E-state index contributed by atoms with van der Waals surface area (Å²) in [6.45, 7) is 3.88. The molecule has 0 fully saturated rings. The zero-order valence-electron chi connectivity index (χ0n) is 15.8. The standard InChI is InChI=1S/C22H27NO2.BrH/c1-22(13-14-23(2)16-17-7-5-4-6-8-17)20-15-19(25-3)11-9-18(20)10-12-21(22)24;/h4-9,11,15H,10,12-14,16H2,1-3H3;1H. The van der Waals surface area contributed by atoms with Gasteiger partial charge in [0.1, 0.15) is 11.5 Å². The van der Waals surface area contributed by atoms with Gasteiger partial charge in [-0.3, -0.25) is 4.79 Å². The Kier molecular flexibility index (Phi) is 7.01. The molecule has 26 heavy (non-hydrogen) atoms. The van der Waals surface area contributed by atoms with Gasteiger partial charge in [-0.15, -0.1) is 17.0 Å². The number of hydrogen-bond acceptors (Lipinski definition) is 3. The second kappa shape index (κ2) is 8.83. The van der Waals surface area contributed by atoms with Crippen LogP contribution in [0.2, 0.25) is 0 Å². The lowest BCUT2D eigenvalue weighted by molar-refractivity contribution is -0.125. The lowest BCUT2D eigenvalue weighted by Crippen LogP contribution is -2.40. The van der Waals surface area contributed by atoms with Crippen molar-refractivity contribution < 1.29 is 9.53 Å². The topological polar surface area (TPSA) is 29.5 Å². The van der Waals surface area contributed by atoms with Gasteiger partial charge in [-0.2, -0.15) is 0 Å². The van der Waals surface area contributed by atoms with Crippen molar-refractivity contribution in [3.8, 4) is 5.75 Å². The Hall–Kier alpha value is -1.65. The third kappa shape index (κ3) is 4.36. The molecule has 0 heterocycles. The van der Waals surface area contributed by atoms with E-state index in [2.05, 4.69) is 55.3 Å². The number of benzene rings is 2. The number of aryl methyl sites for hydroxylation is 1. The average molecular weight is 418 g/mol. The van der Waals surface area contributed by atoms with E-state index in [0.29, 0.717) is 12.2 Å². The molecule has 1 unspecified atom stereocenters. The van der Waals surface area contributed by atoms with E-state index in [9.17, 15) is 4.79 Å². The van der Waals surface area contributed by atoms with E-state index in [1.54, 1.807) is 7.11 Å². The summed E-state index contributed by atoms with van der Waals surface area (Å²) in [6.07, 6.45) is 2.31. The number of ether oxygens (including phenoxy) is 1. The number of nitrogens with zero attached hydrogens (tertiary/aromatic N) is 1. The van der Waals surface area contributed by atoms with Crippen LogP contribution in [0.1, 0.15) is 36.5 Å². The molecule has 0 aromatic heterocycles. The molecule has 3 rings (SSSR count). The maximum atomic E-state index is 12.8. The summed E-state index contributed by atoms with van der Waals surface area (Å²) in [6, 6.07) is 16.6. The van der Waals surface area contributed by atoms with E-state index in [1.807, 2.05) is 12.1 Å². The van der Waals surface area contributed by atoms with E-state index in [4.69, 9.17) is 4.74 Å². The number of halogens is 1. The van der Waals surface area contributed by atoms with Crippen molar-refractivity contribution in [2.45, 2.75) is 38.1 Å². The highest BCUT2D eigenvalue weighted by atomic mass is 79.9. The summed E-state index contributed by atoms with van der Waals surface area (Å²) in [4.78, 5) is 15.1. The van der Waals surface area contributed by atoms with Crippen molar-refractivity contribution >= 4 is 22.8 Å². The van der Waals surface area contributed by atoms with Crippen LogP contribution in [0, 0.1) is 0 Å². The molecular formula is C22H28BrNO2. The zero-order valence-corrected chi connectivity index (χ0v) is 17.5. The Bertz CT molecular complexity index is 747. The van der Waals surface area contributed by atoms with Crippen LogP contribution >= 0.6 is 17.0 Å². The summed E-state index contributed by atoms with van der Waals surface area (Å²) >= 11 is 0. The lowest BCUT2D eigenvalue weighted by atomic mass is 9.68.